The van der Waals surface area contributed by atoms with E-state index in [-0.39, 0.29) is 16.6 Å². The Bertz CT molecular complexity index is 789. The van der Waals surface area contributed by atoms with Crippen molar-refractivity contribution < 1.29 is 14.9 Å². The van der Waals surface area contributed by atoms with Crippen molar-refractivity contribution in [2.24, 2.45) is 4.99 Å². The number of nitrogens with zero attached hydrogens (tertiary/aromatic N) is 3. The smallest absolute Gasteiger partial charge is 0.274 e. The summed E-state index contributed by atoms with van der Waals surface area (Å²) >= 11 is 0. The van der Waals surface area contributed by atoms with Crippen LogP contribution < -0.4 is 10.2 Å². The van der Waals surface area contributed by atoms with Gasteiger partial charge in [-0.3, -0.25) is 15.1 Å². The summed E-state index contributed by atoms with van der Waals surface area (Å²) in [5, 5.41) is 20.3. The van der Waals surface area contributed by atoms with Crippen LogP contribution in [0.2, 0.25) is 0 Å². The first kappa shape index (κ1) is 18.5. The molecule has 0 amide bonds. The minimum Gasteiger partial charge on any atom is -0.494 e. The second-order valence-corrected chi connectivity index (χ2v) is 6.70. The van der Waals surface area contributed by atoms with Crippen molar-refractivity contribution in [1.29, 1.82) is 0 Å². The summed E-state index contributed by atoms with van der Waals surface area (Å²) in [6.07, 6.45) is 1.83. The molecular weight excluding hydrogens is 322 g/mol. The van der Waals surface area contributed by atoms with Crippen molar-refractivity contribution in [3.05, 3.63) is 63.8 Å². The quantitative estimate of drug-likeness (QED) is 0.376. The molecule has 0 saturated heterocycles. The second kappa shape index (κ2) is 7.83. The van der Waals surface area contributed by atoms with E-state index >= 15 is 0 Å². The minimum absolute atomic E-state index is 0.107. The third-order valence-electron chi connectivity index (χ3n) is 3.67. The molecule has 1 heterocycles. The van der Waals surface area contributed by atoms with Gasteiger partial charge >= 0.3 is 0 Å². The van der Waals surface area contributed by atoms with Crippen LogP contribution in [0.3, 0.4) is 0 Å². The molecule has 2 aromatic rings. The largest absolute Gasteiger partial charge is 0.494 e. The van der Waals surface area contributed by atoms with Crippen molar-refractivity contribution in [2.75, 3.05) is 13.2 Å². The highest BCUT2D eigenvalue weighted by Gasteiger charge is 2.12. The molecule has 0 aliphatic rings. The van der Waals surface area contributed by atoms with Gasteiger partial charge in [0.1, 0.15) is 5.75 Å². The number of ether oxygens (including phenoxy) is 1. The first-order valence-electron chi connectivity index (χ1n) is 8.07. The van der Waals surface area contributed by atoms with Gasteiger partial charge in [-0.1, -0.05) is 32.9 Å². The highest BCUT2D eigenvalue weighted by Crippen LogP contribution is 2.24. The molecule has 0 bridgehead atoms. The zero-order valence-electron chi connectivity index (χ0n) is 14.7. The lowest BCUT2D eigenvalue weighted by molar-refractivity contribution is -0.385. The molecule has 0 unspecified atom stereocenters. The van der Waals surface area contributed by atoms with Gasteiger partial charge in [-0.15, -0.1) is 0 Å². The van der Waals surface area contributed by atoms with Crippen molar-refractivity contribution in [2.45, 2.75) is 32.6 Å². The van der Waals surface area contributed by atoms with E-state index in [1.807, 2.05) is 12.1 Å². The van der Waals surface area contributed by atoms with Crippen LogP contribution in [0.25, 0.3) is 0 Å². The van der Waals surface area contributed by atoms with Crippen LogP contribution in [0.1, 0.15) is 32.8 Å². The van der Waals surface area contributed by atoms with E-state index in [9.17, 15) is 15.3 Å². The van der Waals surface area contributed by atoms with Crippen molar-refractivity contribution >= 4 is 5.69 Å². The average molecular weight is 345 g/mol. The Morgan fingerprint density at radius 2 is 1.92 bits per heavy atom. The molecule has 1 aromatic heterocycles. The Labute approximate surface area is 146 Å². The molecule has 1 N–H and O–H groups in total. The van der Waals surface area contributed by atoms with Gasteiger partial charge in [-0.25, -0.2) is 0 Å². The van der Waals surface area contributed by atoms with Crippen LogP contribution in [0, 0.1) is 10.1 Å². The Balaban J connectivity index is 1.87. The van der Waals surface area contributed by atoms with Crippen LogP contribution >= 0.6 is 0 Å². The molecule has 0 fully saturated rings. The van der Waals surface area contributed by atoms with E-state index in [2.05, 4.69) is 37.9 Å². The van der Waals surface area contributed by atoms with E-state index in [1.165, 1.54) is 23.9 Å². The van der Waals surface area contributed by atoms with E-state index in [1.54, 1.807) is 0 Å². The fourth-order valence-corrected chi connectivity index (χ4v) is 2.20. The highest BCUT2D eigenvalue weighted by molar-refractivity contribution is 5.31. The number of hydrogen-bond acceptors (Lipinski definition) is 5. The molecule has 0 aliphatic carbocycles. The van der Waals surface area contributed by atoms with Gasteiger partial charge in [-0.05, 0) is 23.1 Å². The molecule has 134 valence electrons. The highest BCUT2D eigenvalue weighted by atomic mass is 16.6. The third kappa shape index (κ3) is 5.34. The van der Waals surface area contributed by atoms with E-state index in [0.29, 0.717) is 19.6 Å². The van der Waals surface area contributed by atoms with Gasteiger partial charge in [0.2, 0.25) is 0 Å². The zero-order valence-corrected chi connectivity index (χ0v) is 14.7. The third-order valence-corrected chi connectivity index (χ3v) is 3.67. The van der Waals surface area contributed by atoms with Crippen molar-refractivity contribution in [3.63, 3.8) is 0 Å². The molecule has 0 radical (unpaired) electrons. The maximum absolute atomic E-state index is 10.7. The number of hydrogen-bond donors (Lipinski definition) is 1. The Morgan fingerprint density at radius 1 is 1.24 bits per heavy atom. The number of pyridine rings is 1. The molecule has 0 atom stereocenters. The molecule has 25 heavy (non-hydrogen) atoms. The lowest BCUT2D eigenvalue weighted by Gasteiger charge is -2.19. The monoisotopic (exact) mass is 345 g/mol. The lowest BCUT2D eigenvalue weighted by atomic mass is 9.87. The molecule has 0 saturated carbocycles. The molecule has 2 rings (SSSR count). The van der Waals surface area contributed by atoms with Crippen molar-refractivity contribution in [1.82, 2.24) is 4.73 Å². The van der Waals surface area contributed by atoms with E-state index in [0.717, 1.165) is 10.5 Å². The SMILES string of the molecule is CC(C)(C)c1ccc(OCCCN=c2cc([N+](=O)[O-])ccn2O)cc1. The summed E-state index contributed by atoms with van der Waals surface area (Å²) in [6, 6.07) is 10.4. The molecule has 0 spiro atoms. The maximum atomic E-state index is 10.7. The van der Waals surface area contributed by atoms with E-state index < -0.39 is 4.92 Å². The summed E-state index contributed by atoms with van der Waals surface area (Å²) in [5.41, 5.74) is 1.38. The fraction of sp³-hybridized carbons (Fsp3) is 0.389. The molecule has 0 aliphatic heterocycles. The normalized spacial score (nSPS) is 12.2. The number of benzene rings is 1. The van der Waals surface area contributed by atoms with Crippen LogP contribution in [-0.2, 0) is 5.41 Å². The summed E-state index contributed by atoms with van der Waals surface area (Å²) in [5.74, 6) is 0.792. The van der Waals surface area contributed by atoms with Gasteiger partial charge in [0.25, 0.3) is 5.69 Å². The lowest BCUT2D eigenvalue weighted by Crippen LogP contribution is -2.19. The predicted octanol–water partition coefficient (Wildman–Crippen LogP) is 3.30. The second-order valence-electron chi connectivity index (χ2n) is 6.70. The first-order valence-corrected chi connectivity index (χ1v) is 8.07. The van der Waals surface area contributed by atoms with Gasteiger partial charge < -0.3 is 9.94 Å². The summed E-state index contributed by atoms with van der Waals surface area (Å²) < 4.78 is 6.43. The minimum atomic E-state index is -0.524. The molecule has 1 aromatic carbocycles. The Morgan fingerprint density at radius 3 is 2.52 bits per heavy atom. The first-order chi connectivity index (χ1) is 11.8. The van der Waals surface area contributed by atoms with Crippen LogP contribution in [0.15, 0.2) is 47.6 Å². The average Bonchev–Trinajstić information content (AvgIpc) is 2.55. The summed E-state index contributed by atoms with van der Waals surface area (Å²) in [4.78, 5) is 14.4. The Hall–Kier alpha value is -2.83. The van der Waals surface area contributed by atoms with Gasteiger partial charge in [0.15, 0.2) is 5.49 Å². The summed E-state index contributed by atoms with van der Waals surface area (Å²) in [7, 11) is 0. The van der Waals surface area contributed by atoms with E-state index in [4.69, 9.17) is 4.74 Å². The molecular formula is C18H23N3O4. The predicted molar refractivity (Wildman–Crippen MR) is 94.0 cm³/mol. The topological polar surface area (TPSA) is 89.9 Å². The number of nitro groups is 1. The zero-order chi connectivity index (χ0) is 18.4. The molecule has 7 nitrogen and oxygen atoms in total. The number of aromatic nitrogens is 1. The van der Waals surface area contributed by atoms with Crippen LogP contribution in [0.4, 0.5) is 5.69 Å². The Kier molecular flexibility index (Phi) is 5.80. The fourth-order valence-electron chi connectivity index (χ4n) is 2.20. The van der Waals surface area contributed by atoms with Crippen molar-refractivity contribution in [3.8, 4) is 5.75 Å². The number of rotatable bonds is 6. The van der Waals surface area contributed by atoms with Gasteiger partial charge in [0, 0.05) is 19.0 Å². The van der Waals surface area contributed by atoms with Crippen LogP contribution in [-0.4, -0.2) is 28.0 Å². The molecule has 7 heteroatoms. The van der Waals surface area contributed by atoms with Gasteiger partial charge in [0.05, 0.1) is 23.8 Å². The maximum Gasteiger partial charge on any atom is 0.274 e. The van der Waals surface area contributed by atoms with Crippen LogP contribution in [0.5, 0.6) is 5.75 Å². The standard InChI is InChI=1S/C18H23N3O4/c1-18(2,3)14-5-7-16(8-6-14)25-12-4-10-19-17-13-15(21(23)24)9-11-20(17)22/h5-9,11,13,22H,4,10,12H2,1-3H3. The summed E-state index contributed by atoms with van der Waals surface area (Å²) in [6.45, 7) is 7.34. The van der Waals surface area contributed by atoms with Gasteiger partial charge in [-0.2, -0.15) is 4.73 Å².